The summed E-state index contributed by atoms with van der Waals surface area (Å²) in [5.41, 5.74) is 0. The van der Waals surface area contributed by atoms with Crippen molar-refractivity contribution in [3.63, 3.8) is 0 Å². The largest absolute Gasteiger partial charge is 0.569 e. The summed E-state index contributed by atoms with van der Waals surface area (Å²) in [6.07, 6.45) is 0. The summed E-state index contributed by atoms with van der Waals surface area (Å²) in [6.45, 7) is 14.0. The quantitative estimate of drug-likeness (QED) is 0.397. The molecule has 0 saturated heterocycles. The minimum absolute atomic E-state index is 0. The van der Waals surface area contributed by atoms with E-state index in [-0.39, 0.29) is 49.7 Å². The van der Waals surface area contributed by atoms with Gasteiger partial charge in [-0.05, 0) is 0 Å². The van der Waals surface area contributed by atoms with Crippen molar-refractivity contribution in [3.05, 3.63) is 33.4 Å². The van der Waals surface area contributed by atoms with Crippen molar-refractivity contribution in [2.45, 2.75) is 0 Å². The van der Waals surface area contributed by atoms with E-state index in [1.165, 1.54) is 0 Å². The zero-order valence-corrected chi connectivity index (χ0v) is 17.3. The monoisotopic (exact) mass is 641 g/mol. The first-order valence-electron chi connectivity index (χ1n) is 1.13. The SMILES string of the molecule is [CH-]=C.[CH-]=C.[CH2-]O.[Rf].[U].[V]. The molecule has 0 aromatic rings. The Balaban J connectivity index is -0.00000000321. The van der Waals surface area contributed by atoms with Crippen LogP contribution in [0.15, 0.2) is 13.2 Å². The van der Waals surface area contributed by atoms with Crippen LogP contribution in [0.25, 0.3) is 0 Å². The van der Waals surface area contributed by atoms with Gasteiger partial charge in [-0.15, -0.1) is 0 Å². The molecule has 0 bridgehead atoms. The molecule has 0 amide bonds. The fourth-order valence-electron chi connectivity index (χ4n) is 0. The Bertz CT molecular complexity index is 18.9. The molecule has 0 fully saturated rings. The summed E-state index contributed by atoms with van der Waals surface area (Å²) in [6, 6.07) is 0. The standard InChI is InChI=1S/2C2H3.CH3O.Rf.U.V/c3*1-2;;;/h2*1H,2H2;2H,1H2;;;/q3*-1;;;. The van der Waals surface area contributed by atoms with Gasteiger partial charge in [0.15, 0.2) is 0 Å². The Kier molecular flexibility index (Phi) is 482000. The Morgan fingerprint density at radius 3 is 1.00 bits per heavy atom. The topological polar surface area (TPSA) is 20.2 Å². The molecule has 1 nitrogen and oxygen atoms in total. The molecule has 0 spiro atoms. The summed E-state index contributed by atoms with van der Waals surface area (Å²) in [5.74, 6) is 0. The predicted molar refractivity (Wildman–Crippen MR) is 27.1 cm³/mol. The molecule has 0 aliphatic heterocycles. The third kappa shape index (κ3) is 51100. The minimum atomic E-state index is 0. The molecular weight excluding hydrogens is 632 g/mol. The third-order valence-electron chi connectivity index (χ3n) is 0. The van der Waals surface area contributed by atoms with E-state index in [4.69, 9.17) is 5.11 Å². The first kappa shape index (κ1) is 62.6. The second kappa shape index (κ2) is 69400. The van der Waals surface area contributed by atoms with Crippen LogP contribution in [0.4, 0.5) is 0 Å². The normalized spacial score (nSPS) is 1.56. The Morgan fingerprint density at radius 2 is 1.00 bits per heavy atom. The van der Waals surface area contributed by atoms with Crippen molar-refractivity contribution >= 4 is 0 Å². The molecule has 0 aromatic carbocycles. The Hall–Kier alpha value is 0.0764. The van der Waals surface area contributed by atoms with E-state index in [0.717, 1.165) is 0 Å². The first-order valence-corrected chi connectivity index (χ1v) is 1.13. The van der Waals surface area contributed by atoms with E-state index < -0.39 is 0 Å². The molecule has 0 rings (SSSR count). The molecule has 9 heavy (non-hydrogen) atoms. The number of rotatable bonds is 0. The summed E-state index contributed by atoms with van der Waals surface area (Å²) < 4.78 is 0. The van der Waals surface area contributed by atoms with E-state index in [1.54, 1.807) is 0 Å². The van der Waals surface area contributed by atoms with Crippen LogP contribution < -0.4 is 0 Å². The van der Waals surface area contributed by atoms with Gasteiger partial charge >= 0.3 is 0 Å². The second-order valence-electron chi connectivity index (χ2n) is 0. The number of aliphatic hydroxyl groups excluding tert-OH is 1. The maximum atomic E-state index is 6.75. The van der Waals surface area contributed by atoms with Gasteiger partial charge in [-0.3, -0.25) is 13.2 Å². The summed E-state index contributed by atoms with van der Waals surface area (Å²) >= 11 is 0. The molecule has 0 saturated carbocycles. The average Bonchev–Trinajstić information content (AvgIpc) is 1.81. The van der Waals surface area contributed by atoms with Crippen LogP contribution in [0.2, 0.25) is 0 Å². The van der Waals surface area contributed by atoms with E-state index >= 15 is 0 Å². The van der Waals surface area contributed by atoms with Crippen LogP contribution in [0.1, 0.15) is 0 Å². The molecule has 0 aliphatic rings. The van der Waals surface area contributed by atoms with Crippen LogP contribution in [0, 0.1) is 51.4 Å². The maximum absolute atomic E-state index is 6.75. The van der Waals surface area contributed by atoms with Crippen molar-refractivity contribution in [1.82, 2.24) is 0 Å². The smallest absolute Gasteiger partial charge is 0 e. The van der Waals surface area contributed by atoms with Crippen molar-refractivity contribution < 1.29 is 54.8 Å². The van der Waals surface area contributed by atoms with Crippen LogP contribution >= 0.6 is 0 Å². The Morgan fingerprint density at radius 1 is 1.00 bits per heavy atom. The van der Waals surface area contributed by atoms with Gasteiger partial charge in [-0.2, -0.15) is 0 Å². The van der Waals surface area contributed by atoms with E-state index in [9.17, 15) is 0 Å². The molecule has 0 atom stereocenters. The van der Waals surface area contributed by atoms with E-state index in [0.29, 0.717) is 0 Å². The van der Waals surface area contributed by atoms with Gasteiger partial charge in [0, 0.05) is 49.7 Å². The van der Waals surface area contributed by atoms with Gasteiger partial charge in [0.05, 0.1) is 0 Å². The van der Waals surface area contributed by atoms with Gasteiger partial charge in [0.1, 0.15) is 0 Å². The number of aliphatic hydroxyl groups is 1. The number of hydrogen-bond donors (Lipinski definition) is 1. The number of hydrogen-bond acceptors (Lipinski definition) is 1. The van der Waals surface area contributed by atoms with Gasteiger partial charge in [0.25, 0.3) is 0 Å². The molecule has 4 heteroatoms. The molecular formula is C5H9ORfUV-3. The zero-order chi connectivity index (χ0) is 6.00. The zero-order valence-electron chi connectivity index (χ0n) is 5.38. The predicted octanol–water partition coefficient (Wildman–Crippen LogP) is 1.36. The maximum Gasteiger partial charge on any atom is 0 e. The first-order chi connectivity index (χ1) is 3.00. The fourth-order valence-corrected chi connectivity index (χ4v) is 0. The van der Waals surface area contributed by atoms with Gasteiger partial charge in [0.2, 0.25) is 0 Å². The molecule has 0 aromatic heterocycles. The van der Waals surface area contributed by atoms with Gasteiger partial charge < -0.3 is 18.3 Å². The molecule has 0 heterocycles. The van der Waals surface area contributed by atoms with E-state index in [1.807, 2.05) is 0 Å². The van der Waals surface area contributed by atoms with Crippen LogP contribution in [-0.4, -0.2) is 5.11 Å². The molecule has 1 radical (unpaired) electrons. The van der Waals surface area contributed by atoms with Crippen LogP contribution in [-0.2, 0) is 18.6 Å². The van der Waals surface area contributed by atoms with Gasteiger partial charge in [-0.25, -0.2) is 7.11 Å². The Labute approximate surface area is 87.5 Å². The average molecular weight is 641 g/mol. The van der Waals surface area contributed by atoms with Crippen molar-refractivity contribution in [3.8, 4) is 0 Å². The van der Waals surface area contributed by atoms with Crippen molar-refractivity contribution in [1.29, 1.82) is 0 Å². The minimum Gasteiger partial charge on any atom is -0.569 e. The molecule has 49 valence electrons. The molecule has 1 N–H and O–H groups in total. The van der Waals surface area contributed by atoms with Crippen molar-refractivity contribution in [2.75, 3.05) is 0 Å². The van der Waals surface area contributed by atoms with Crippen LogP contribution in [0.3, 0.4) is 0 Å². The summed E-state index contributed by atoms with van der Waals surface area (Å²) in [5, 5.41) is 6.75. The fraction of sp³-hybridized carbons (Fsp3) is 0. The van der Waals surface area contributed by atoms with E-state index in [2.05, 4.69) is 33.4 Å². The summed E-state index contributed by atoms with van der Waals surface area (Å²) in [4.78, 5) is 0. The van der Waals surface area contributed by atoms with Crippen LogP contribution in [0.5, 0.6) is 0 Å². The molecule has 0 unspecified atom stereocenters. The molecule has 0 aliphatic carbocycles. The van der Waals surface area contributed by atoms with Crippen molar-refractivity contribution in [2.24, 2.45) is 0 Å². The third-order valence-corrected chi connectivity index (χ3v) is 0. The summed E-state index contributed by atoms with van der Waals surface area (Å²) in [7, 11) is 2.25. The second-order valence-corrected chi connectivity index (χ2v) is 0. The van der Waals surface area contributed by atoms with Gasteiger partial charge in [-0.1, -0.05) is 0 Å².